The number of hydrogen-bond acceptors (Lipinski definition) is 6. The second-order valence-corrected chi connectivity index (χ2v) is 8.42. The molecule has 0 spiro atoms. The lowest BCUT2D eigenvalue weighted by atomic mass is 9.84. The number of benzene rings is 1. The van der Waals surface area contributed by atoms with Crippen molar-refractivity contribution in [1.29, 1.82) is 0 Å². The highest BCUT2D eigenvalue weighted by Crippen LogP contribution is 2.39. The number of rotatable bonds is 7. The number of aromatic nitrogens is 2. The van der Waals surface area contributed by atoms with Gasteiger partial charge in [0.05, 0.1) is 29.8 Å². The van der Waals surface area contributed by atoms with Crippen LogP contribution in [0.2, 0.25) is 10.3 Å². The van der Waals surface area contributed by atoms with Crippen molar-refractivity contribution in [3.63, 3.8) is 0 Å². The Bertz CT molecular complexity index is 1050. The fourth-order valence-corrected chi connectivity index (χ4v) is 3.83. The molecule has 3 rings (SSSR count). The van der Waals surface area contributed by atoms with Gasteiger partial charge < -0.3 is 19.8 Å². The molecule has 2 heterocycles. The molecule has 0 fully saturated rings. The molecule has 0 amide bonds. The average molecular weight is 478 g/mol. The molecule has 1 aromatic carbocycles. The quantitative estimate of drug-likeness (QED) is 0.561. The fraction of sp³-hybridized carbons (Fsp3) is 0.348. The van der Waals surface area contributed by atoms with Gasteiger partial charge in [0.2, 0.25) is 0 Å². The minimum Gasteiger partial charge on any atom is -0.462 e. The van der Waals surface area contributed by atoms with E-state index in [1.54, 1.807) is 27.7 Å². The number of ether oxygens (including phenoxy) is 2. The number of nitrogens with zero attached hydrogens (tertiary/aromatic N) is 1. The second kappa shape index (κ2) is 10.2. The minimum absolute atomic E-state index is 0.0453. The largest absolute Gasteiger partial charge is 0.462 e. The van der Waals surface area contributed by atoms with Crippen molar-refractivity contribution in [3.05, 3.63) is 74.6 Å². The molecule has 170 valence electrons. The van der Waals surface area contributed by atoms with Crippen LogP contribution in [0.4, 0.5) is 0 Å². The number of carbonyl (C=O) groups excluding carboxylic acids is 2. The van der Waals surface area contributed by atoms with Gasteiger partial charge in [-0.15, -0.1) is 0 Å². The monoisotopic (exact) mass is 477 g/mol. The van der Waals surface area contributed by atoms with E-state index in [0.717, 1.165) is 5.56 Å². The van der Waals surface area contributed by atoms with Gasteiger partial charge in [-0.25, -0.2) is 14.6 Å². The smallest absolute Gasteiger partial charge is 0.337 e. The second-order valence-electron chi connectivity index (χ2n) is 7.69. The number of nitrogens with one attached hydrogen (secondary N) is 2. The number of dihydropyridines is 1. The van der Waals surface area contributed by atoms with Crippen molar-refractivity contribution in [2.24, 2.45) is 0 Å². The predicted molar refractivity (Wildman–Crippen MR) is 122 cm³/mol. The Morgan fingerprint density at radius 2 is 1.69 bits per heavy atom. The number of H-pyrrole nitrogens is 1. The Hall–Kier alpha value is -2.77. The summed E-state index contributed by atoms with van der Waals surface area (Å²) in [6.45, 7) is 7.15. The normalized spacial score (nSPS) is 16.3. The molecular formula is C23H25Cl2N3O4. The number of imidazole rings is 1. The SMILES string of the molecule is CC1=C(C(=O)OCCc2ccccc2)C(c2nc(Cl)c(Cl)[nH]2)C(C(=O)OC(C)C)=C(C)N1. The summed E-state index contributed by atoms with van der Waals surface area (Å²) in [6, 6.07) is 9.70. The maximum absolute atomic E-state index is 13.2. The maximum atomic E-state index is 13.2. The molecule has 1 aliphatic heterocycles. The number of esters is 2. The van der Waals surface area contributed by atoms with Crippen LogP contribution in [-0.4, -0.2) is 34.6 Å². The predicted octanol–water partition coefficient (Wildman–Crippen LogP) is 4.69. The summed E-state index contributed by atoms with van der Waals surface area (Å²) in [5, 5.41) is 3.25. The molecule has 1 atom stereocenters. The Kier molecular flexibility index (Phi) is 7.64. The van der Waals surface area contributed by atoms with E-state index in [-0.39, 0.29) is 40.0 Å². The van der Waals surface area contributed by atoms with Crippen LogP contribution in [0.15, 0.2) is 52.9 Å². The standard InChI is InChI=1S/C23H25Cl2N3O4/c1-12(2)32-23(30)17-14(4)26-13(3)16(18(17)21-27-19(24)20(25)28-21)22(29)31-11-10-15-8-6-5-7-9-15/h5-9,12,18,26H,10-11H2,1-4H3,(H,27,28). The van der Waals surface area contributed by atoms with E-state index >= 15 is 0 Å². The molecule has 9 heteroatoms. The maximum Gasteiger partial charge on any atom is 0.337 e. The lowest BCUT2D eigenvalue weighted by Gasteiger charge is -2.29. The van der Waals surface area contributed by atoms with E-state index in [4.69, 9.17) is 32.7 Å². The molecule has 0 radical (unpaired) electrons. The lowest BCUT2D eigenvalue weighted by Crippen LogP contribution is -2.33. The van der Waals surface area contributed by atoms with Crippen molar-refractivity contribution in [1.82, 2.24) is 15.3 Å². The van der Waals surface area contributed by atoms with Gasteiger partial charge in [0.25, 0.3) is 0 Å². The molecule has 0 bridgehead atoms. The van der Waals surface area contributed by atoms with E-state index in [2.05, 4.69) is 15.3 Å². The molecule has 2 N–H and O–H groups in total. The Labute approximate surface area is 196 Å². The molecule has 32 heavy (non-hydrogen) atoms. The van der Waals surface area contributed by atoms with Crippen LogP contribution in [0.3, 0.4) is 0 Å². The van der Waals surface area contributed by atoms with Crippen LogP contribution in [0, 0.1) is 0 Å². The highest BCUT2D eigenvalue weighted by atomic mass is 35.5. The highest BCUT2D eigenvalue weighted by Gasteiger charge is 2.40. The zero-order valence-electron chi connectivity index (χ0n) is 18.3. The number of aromatic amines is 1. The van der Waals surface area contributed by atoms with Crippen molar-refractivity contribution in [2.45, 2.75) is 46.1 Å². The summed E-state index contributed by atoms with van der Waals surface area (Å²) < 4.78 is 11.0. The summed E-state index contributed by atoms with van der Waals surface area (Å²) >= 11 is 12.1. The molecule has 7 nitrogen and oxygen atoms in total. The summed E-state index contributed by atoms with van der Waals surface area (Å²) in [5.41, 5.74) is 2.61. The first-order chi connectivity index (χ1) is 15.2. The Morgan fingerprint density at radius 1 is 1.06 bits per heavy atom. The van der Waals surface area contributed by atoms with Gasteiger partial charge in [0, 0.05) is 17.8 Å². The first-order valence-electron chi connectivity index (χ1n) is 10.2. The topological polar surface area (TPSA) is 93.3 Å². The molecule has 0 saturated heterocycles. The van der Waals surface area contributed by atoms with Crippen LogP contribution in [0.1, 0.15) is 45.0 Å². The third-order valence-electron chi connectivity index (χ3n) is 4.92. The Morgan fingerprint density at radius 3 is 2.25 bits per heavy atom. The molecule has 0 aliphatic carbocycles. The third kappa shape index (κ3) is 5.34. The third-order valence-corrected chi connectivity index (χ3v) is 5.56. The lowest BCUT2D eigenvalue weighted by molar-refractivity contribution is -0.143. The van der Waals surface area contributed by atoms with Crippen LogP contribution in [-0.2, 0) is 25.5 Å². The van der Waals surface area contributed by atoms with Gasteiger partial charge in [-0.05, 0) is 33.3 Å². The zero-order valence-corrected chi connectivity index (χ0v) is 19.8. The van der Waals surface area contributed by atoms with E-state index in [9.17, 15) is 9.59 Å². The number of allylic oxidation sites excluding steroid dienone is 2. The summed E-state index contributed by atoms with van der Waals surface area (Å²) in [5.74, 6) is -1.76. The van der Waals surface area contributed by atoms with Gasteiger partial charge in [-0.3, -0.25) is 0 Å². The van der Waals surface area contributed by atoms with Crippen molar-refractivity contribution >= 4 is 35.1 Å². The van der Waals surface area contributed by atoms with E-state index in [1.807, 2.05) is 30.3 Å². The molecule has 1 aromatic heterocycles. The number of halogens is 2. The van der Waals surface area contributed by atoms with Crippen LogP contribution >= 0.6 is 23.2 Å². The summed E-state index contributed by atoms with van der Waals surface area (Å²) in [4.78, 5) is 33.2. The molecule has 1 aliphatic rings. The van der Waals surface area contributed by atoms with Crippen LogP contribution < -0.4 is 5.32 Å². The molecular weight excluding hydrogens is 453 g/mol. The van der Waals surface area contributed by atoms with E-state index in [1.165, 1.54) is 0 Å². The highest BCUT2D eigenvalue weighted by molar-refractivity contribution is 6.40. The van der Waals surface area contributed by atoms with E-state index in [0.29, 0.717) is 17.8 Å². The van der Waals surface area contributed by atoms with Gasteiger partial charge >= 0.3 is 11.9 Å². The molecule has 1 unspecified atom stereocenters. The Balaban J connectivity index is 1.93. The first kappa shape index (κ1) is 23.9. The average Bonchev–Trinajstić information content (AvgIpc) is 3.05. The van der Waals surface area contributed by atoms with Crippen LogP contribution in [0.25, 0.3) is 0 Å². The van der Waals surface area contributed by atoms with Crippen molar-refractivity contribution in [2.75, 3.05) is 6.61 Å². The molecule has 2 aromatic rings. The number of hydrogen-bond donors (Lipinski definition) is 2. The van der Waals surface area contributed by atoms with Crippen molar-refractivity contribution in [3.8, 4) is 0 Å². The van der Waals surface area contributed by atoms with E-state index < -0.39 is 17.9 Å². The van der Waals surface area contributed by atoms with Gasteiger partial charge in [-0.1, -0.05) is 53.5 Å². The van der Waals surface area contributed by atoms with Crippen molar-refractivity contribution < 1.29 is 19.1 Å². The number of carbonyl (C=O) groups is 2. The summed E-state index contributed by atoms with van der Waals surface area (Å²) in [6.07, 6.45) is 0.215. The molecule has 0 saturated carbocycles. The minimum atomic E-state index is -0.878. The van der Waals surface area contributed by atoms with Gasteiger partial charge in [0.1, 0.15) is 11.0 Å². The summed E-state index contributed by atoms with van der Waals surface area (Å²) in [7, 11) is 0. The zero-order chi connectivity index (χ0) is 23.4. The first-order valence-corrected chi connectivity index (χ1v) is 11.0. The van der Waals surface area contributed by atoms with Gasteiger partial charge in [0.15, 0.2) is 5.15 Å². The fourth-order valence-electron chi connectivity index (χ4n) is 3.55. The van der Waals surface area contributed by atoms with Gasteiger partial charge in [-0.2, -0.15) is 0 Å². The van der Waals surface area contributed by atoms with Crippen LogP contribution in [0.5, 0.6) is 0 Å².